The summed E-state index contributed by atoms with van der Waals surface area (Å²) in [5, 5.41) is 0. The van der Waals surface area contributed by atoms with Crippen LogP contribution in [0.1, 0.15) is 290 Å². The molecular weight excluding hydrogens is 973 g/mol. The molecule has 0 saturated heterocycles. The van der Waals surface area contributed by atoms with Crippen LogP contribution >= 0.6 is 0 Å². The molecule has 0 aliphatic rings. The number of hydrogen-bond acceptors (Lipinski definition) is 6. The lowest BCUT2D eigenvalue weighted by atomic mass is 10.1. The SMILES string of the molecule is CC/C=C\C/C=C\C/C=C\C/C=C\C/C=C\C/C=C\C/C=C\C/C=C\C/C=C\C/C=C\CCCCC(=O)OCC(COC(=O)CCCCCCCCCCCC)OC(=O)CCCCCCCCC/C=C\CCCCCCCCC. The van der Waals surface area contributed by atoms with Crippen LogP contribution in [0.3, 0.4) is 0 Å². The smallest absolute Gasteiger partial charge is 0.306 e. The fourth-order valence-electron chi connectivity index (χ4n) is 8.76. The summed E-state index contributed by atoms with van der Waals surface area (Å²) in [5.74, 6) is -0.943. The van der Waals surface area contributed by atoms with Crippen molar-refractivity contribution in [2.75, 3.05) is 13.2 Å². The second-order valence-corrected chi connectivity index (χ2v) is 21.3. The maximum Gasteiger partial charge on any atom is 0.306 e. The molecule has 0 N–H and O–H groups in total. The Kier molecular flexibility index (Phi) is 62.3. The second kappa shape index (κ2) is 66.1. The first-order valence-electron chi connectivity index (χ1n) is 32.7. The van der Waals surface area contributed by atoms with Crippen LogP contribution in [0.15, 0.2) is 134 Å². The Morgan fingerprint density at radius 3 is 0.810 bits per heavy atom. The zero-order valence-corrected chi connectivity index (χ0v) is 51.3. The van der Waals surface area contributed by atoms with Crippen LogP contribution in [-0.4, -0.2) is 37.2 Å². The fraction of sp³-hybridized carbons (Fsp3) is 0.658. The van der Waals surface area contributed by atoms with Gasteiger partial charge < -0.3 is 14.2 Å². The van der Waals surface area contributed by atoms with E-state index in [9.17, 15) is 14.4 Å². The van der Waals surface area contributed by atoms with Gasteiger partial charge in [-0.2, -0.15) is 0 Å². The predicted molar refractivity (Wildman–Crippen MR) is 343 cm³/mol. The van der Waals surface area contributed by atoms with E-state index in [0.29, 0.717) is 25.7 Å². The Bertz CT molecular complexity index is 1680. The summed E-state index contributed by atoms with van der Waals surface area (Å²) in [6.45, 7) is 6.48. The van der Waals surface area contributed by atoms with Crippen molar-refractivity contribution in [1.82, 2.24) is 0 Å². The van der Waals surface area contributed by atoms with Crippen molar-refractivity contribution in [3.63, 3.8) is 0 Å². The third-order valence-electron chi connectivity index (χ3n) is 13.6. The van der Waals surface area contributed by atoms with Gasteiger partial charge in [-0.15, -0.1) is 0 Å². The van der Waals surface area contributed by atoms with E-state index in [1.54, 1.807) is 0 Å². The van der Waals surface area contributed by atoms with Crippen LogP contribution < -0.4 is 0 Å². The highest BCUT2D eigenvalue weighted by Crippen LogP contribution is 2.15. The highest BCUT2D eigenvalue weighted by molar-refractivity contribution is 5.71. The Labute approximate surface area is 487 Å². The van der Waals surface area contributed by atoms with Gasteiger partial charge in [0.25, 0.3) is 0 Å². The molecule has 1 atom stereocenters. The number of unbranched alkanes of at least 4 members (excludes halogenated alkanes) is 25. The summed E-state index contributed by atoms with van der Waals surface area (Å²) in [4.78, 5) is 38.2. The topological polar surface area (TPSA) is 78.9 Å². The molecule has 79 heavy (non-hydrogen) atoms. The first kappa shape index (κ1) is 74.5. The summed E-state index contributed by atoms with van der Waals surface area (Å²) < 4.78 is 16.8. The monoisotopic (exact) mass is 1090 g/mol. The third kappa shape index (κ3) is 64.3. The van der Waals surface area contributed by atoms with Gasteiger partial charge in [0.05, 0.1) is 0 Å². The normalized spacial score (nSPS) is 13.0. The van der Waals surface area contributed by atoms with Crippen LogP contribution in [-0.2, 0) is 28.6 Å². The molecule has 0 bridgehead atoms. The van der Waals surface area contributed by atoms with Gasteiger partial charge in [0, 0.05) is 19.3 Å². The quantitative estimate of drug-likeness (QED) is 0.0261. The number of hydrogen-bond donors (Lipinski definition) is 0. The highest BCUT2D eigenvalue weighted by atomic mass is 16.6. The molecule has 0 aliphatic heterocycles. The van der Waals surface area contributed by atoms with E-state index in [2.05, 4.69) is 154 Å². The van der Waals surface area contributed by atoms with E-state index >= 15 is 0 Å². The summed E-state index contributed by atoms with van der Waals surface area (Å²) in [5.41, 5.74) is 0. The van der Waals surface area contributed by atoms with Crippen LogP contribution in [0, 0.1) is 0 Å². The molecule has 1 unspecified atom stereocenters. The summed E-state index contributed by atoms with van der Waals surface area (Å²) in [6.07, 6.45) is 93.3. The van der Waals surface area contributed by atoms with Gasteiger partial charge in [-0.3, -0.25) is 14.4 Å². The maximum absolute atomic E-state index is 12.9. The molecule has 0 fully saturated rings. The minimum absolute atomic E-state index is 0.0941. The standard InChI is InChI=1S/C73H120O6/c1-4-7-10-13-16-19-22-24-26-28-30-31-32-33-34-35-36-37-38-39-40-41-42-43-44-46-47-49-51-54-57-60-63-66-72(75)78-69-70(68-77-71(74)65-62-59-56-53-21-18-15-12-9-6-3)79-73(76)67-64-61-58-55-52-50-48-45-29-27-25-23-20-17-14-11-8-5-2/h7,10,16,19,24,26-27,29-31,33-34,36-37,39-40,42-43,46-47,51,54,70H,4-6,8-9,11-15,17-18,20-23,25,28,32,35,38,41,44-45,48-50,52-53,55-69H2,1-3H3/b10-7-,19-16-,26-24-,29-27-,31-30-,34-33-,37-36-,40-39-,43-42-,47-46-,54-51-. The molecule has 0 radical (unpaired) electrons. The molecule has 0 heterocycles. The Morgan fingerprint density at radius 2 is 0.494 bits per heavy atom. The third-order valence-corrected chi connectivity index (χ3v) is 13.6. The highest BCUT2D eigenvalue weighted by Gasteiger charge is 2.19. The maximum atomic E-state index is 12.9. The molecule has 0 aromatic rings. The lowest BCUT2D eigenvalue weighted by Crippen LogP contribution is -2.30. The van der Waals surface area contributed by atoms with Gasteiger partial charge >= 0.3 is 17.9 Å². The van der Waals surface area contributed by atoms with Gasteiger partial charge in [-0.05, 0) is 122 Å². The first-order valence-corrected chi connectivity index (χ1v) is 32.7. The summed E-state index contributed by atoms with van der Waals surface area (Å²) in [6, 6.07) is 0. The minimum Gasteiger partial charge on any atom is -0.462 e. The van der Waals surface area contributed by atoms with E-state index < -0.39 is 6.10 Å². The van der Waals surface area contributed by atoms with Crippen LogP contribution in [0.2, 0.25) is 0 Å². The van der Waals surface area contributed by atoms with Gasteiger partial charge in [0.15, 0.2) is 6.10 Å². The number of rotatable bonds is 58. The number of ether oxygens (including phenoxy) is 3. The molecule has 6 heteroatoms. The van der Waals surface area contributed by atoms with Crippen molar-refractivity contribution >= 4 is 17.9 Å². The summed E-state index contributed by atoms with van der Waals surface area (Å²) >= 11 is 0. The minimum atomic E-state index is -0.800. The molecular formula is C73H120O6. The average Bonchev–Trinajstić information content (AvgIpc) is 3.45. The van der Waals surface area contributed by atoms with E-state index in [-0.39, 0.29) is 31.1 Å². The number of allylic oxidation sites excluding steroid dienone is 22. The van der Waals surface area contributed by atoms with E-state index in [0.717, 1.165) is 116 Å². The molecule has 448 valence electrons. The molecule has 0 rings (SSSR count). The number of carbonyl (C=O) groups is 3. The Balaban J connectivity index is 4.33. The zero-order chi connectivity index (χ0) is 57.1. The Morgan fingerprint density at radius 1 is 0.266 bits per heavy atom. The van der Waals surface area contributed by atoms with Crippen molar-refractivity contribution in [1.29, 1.82) is 0 Å². The van der Waals surface area contributed by atoms with Gasteiger partial charge in [-0.1, -0.05) is 283 Å². The molecule has 0 amide bonds. The van der Waals surface area contributed by atoms with Gasteiger partial charge in [0.1, 0.15) is 13.2 Å². The lowest BCUT2D eigenvalue weighted by Gasteiger charge is -2.18. The molecule has 0 aromatic carbocycles. The molecule has 6 nitrogen and oxygen atoms in total. The van der Waals surface area contributed by atoms with Crippen molar-refractivity contribution < 1.29 is 28.6 Å². The van der Waals surface area contributed by atoms with Crippen LogP contribution in [0.4, 0.5) is 0 Å². The van der Waals surface area contributed by atoms with Crippen LogP contribution in [0.5, 0.6) is 0 Å². The van der Waals surface area contributed by atoms with Crippen LogP contribution in [0.25, 0.3) is 0 Å². The largest absolute Gasteiger partial charge is 0.462 e. The summed E-state index contributed by atoms with van der Waals surface area (Å²) in [7, 11) is 0. The van der Waals surface area contributed by atoms with Gasteiger partial charge in [0.2, 0.25) is 0 Å². The zero-order valence-electron chi connectivity index (χ0n) is 51.3. The van der Waals surface area contributed by atoms with Crippen molar-refractivity contribution in [3.05, 3.63) is 134 Å². The molecule has 0 saturated carbocycles. The molecule has 0 aliphatic carbocycles. The predicted octanol–water partition coefficient (Wildman–Crippen LogP) is 22.5. The van der Waals surface area contributed by atoms with Crippen molar-refractivity contribution in [2.45, 2.75) is 297 Å². The van der Waals surface area contributed by atoms with Crippen molar-refractivity contribution in [2.24, 2.45) is 0 Å². The molecule has 0 spiro atoms. The lowest BCUT2D eigenvalue weighted by molar-refractivity contribution is -0.167. The second-order valence-electron chi connectivity index (χ2n) is 21.3. The number of esters is 3. The van der Waals surface area contributed by atoms with E-state index in [1.165, 1.54) is 128 Å². The Hall–Kier alpha value is -4.45. The van der Waals surface area contributed by atoms with Gasteiger partial charge in [-0.25, -0.2) is 0 Å². The van der Waals surface area contributed by atoms with E-state index in [4.69, 9.17) is 14.2 Å². The average molecular weight is 1090 g/mol. The van der Waals surface area contributed by atoms with Crippen molar-refractivity contribution in [3.8, 4) is 0 Å². The molecule has 0 aromatic heterocycles. The first-order chi connectivity index (χ1) is 39.0. The number of carbonyl (C=O) groups excluding carboxylic acids is 3. The fourth-order valence-corrected chi connectivity index (χ4v) is 8.76. The van der Waals surface area contributed by atoms with E-state index in [1.807, 2.05) is 0 Å².